The molecule has 0 atom stereocenters. The minimum Gasteiger partial charge on any atom is -0.457 e. The van der Waals surface area contributed by atoms with Crippen molar-refractivity contribution in [2.75, 3.05) is 0 Å². The maximum Gasteiger partial charge on any atom is 0.339 e. The highest BCUT2D eigenvalue weighted by molar-refractivity contribution is 7.91. The van der Waals surface area contributed by atoms with Gasteiger partial charge >= 0.3 is 5.97 Å². The van der Waals surface area contributed by atoms with Crippen molar-refractivity contribution in [3.8, 4) is 16.9 Å². The molecule has 2 heterocycles. The van der Waals surface area contributed by atoms with Gasteiger partial charge in [-0.15, -0.1) is 11.3 Å². The maximum absolute atomic E-state index is 12.4. The second-order valence-electron chi connectivity index (χ2n) is 6.42. The van der Waals surface area contributed by atoms with Gasteiger partial charge in [-0.1, -0.05) is 48.5 Å². The molecule has 0 amide bonds. The normalized spacial score (nSPS) is 11.4. The lowest BCUT2D eigenvalue weighted by molar-refractivity contribution is 0.0474. The monoisotopic (exact) mass is 439 g/mol. The van der Waals surface area contributed by atoms with E-state index in [2.05, 4.69) is 5.10 Å². The van der Waals surface area contributed by atoms with E-state index in [0.29, 0.717) is 5.69 Å². The summed E-state index contributed by atoms with van der Waals surface area (Å²) in [6.07, 6.45) is 1.81. The fraction of sp³-hybridized carbons (Fsp3) is 0.0476. The van der Waals surface area contributed by atoms with E-state index in [0.717, 1.165) is 28.2 Å². The number of para-hydroxylation sites is 1. The lowest BCUT2D eigenvalue weighted by atomic mass is 10.1. The molecule has 2 aromatic heterocycles. The number of sulfonamides is 1. The summed E-state index contributed by atoms with van der Waals surface area (Å²) in [6.45, 7) is -0.0174. The number of ether oxygens (including phenoxy) is 1. The molecule has 2 aromatic carbocycles. The van der Waals surface area contributed by atoms with Crippen LogP contribution in [0, 0.1) is 0 Å². The predicted molar refractivity (Wildman–Crippen MR) is 114 cm³/mol. The van der Waals surface area contributed by atoms with E-state index in [1.807, 2.05) is 66.9 Å². The summed E-state index contributed by atoms with van der Waals surface area (Å²) in [5.41, 5.74) is 3.33. The maximum atomic E-state index is 12.4. The number of thiophene rings is 1. The fourth-order valence-corrected chi connectivity index (χ4v) is 4.44. The van der Waals surface area contributed by atoms with Gasteiger partial charge in [0.1, 0.15) is 10.8 Å². The number of aromatic nitrogens is 2. The topological polar surface area (TPSA) is 104 Å². The summed E-state index contributed by atoms with van der Waals surface area (Å²) in [4.78, 5) is 12.4. The van der Waals surface area contributed by atoms with Gasteiger partial charge in [0.2, 0.25) is 10.0 Å². The molecule has 152 valence electrons. The van der Waals surface area contributed by atoms with Crippen LogP contribution in [0.2, 0.25) is 0 Å². The third-order valence-corrected chi connectivity index (χ3v) is 6.69. The average Bonchev–Trinajstić information content (AvgIpc) is 3.41. The molecule has 0 spiro atoms. The lowest BCUT2D eigenvalue weighted by Crippen LogP contribution is -2.10. The minimum absolute atomic E-state index is 0.0174. The van der Waals surface area contributed by atoms with Crippen LogP contribution in [-0.4, -0.2) is 24.2 Å². The Kier molecular flexibility index (Phi) is 5.49. The molecule has 0 aliphatic rings. The highest BCUT2D eigenvalue weighted by Crippen LogP contribution is 2.25. The zero-order valence-electron chi connectivity index (χ0n) is 15.6. The molecule has 2 N–H and O–H groups in total. The van der Waals surface area contributed by atoms with Crippen molar-refractivity contribution < 1.29 is 17.9 Å². The van der Waals surface area contributed by atoms with Crippen LogP contribution in [0.1, 0.15) is 15.9 Å². The Labute approximate surface area is 177 Å². The molecule has 30 heavy (non-hydrogen) atoms. The first-order valence-electron chi connectivity index (χ1n) is 8.89. The SMILES string of the molecule is NS(=O)(=O)c1cc(C(=O)OCc2cn(-c3ccccc3)nc2-c2ccccc2)cs1. The first-order chi connectivity index (χ1) is 14.4. The van der Waals surface area contributed by atoms with Crippen molar-refractivity contribution in [2.45, 2.75) is 10.8 Å². The average molecular weight is 440 g/mol. The van der Waals surface area contributed by atoms with Crippen LogP contribution in [0.4, 0.5) is 0 Å². The van der Waals surface area contributed by atoms with Gasteiger partial charge in [0.25, 0.3) is 0 Å². The molecule has 0 radical (unpaired) electrons. The number of hydrogen-bond acceptors (Lipinski definition) is 6. The molecular formula is C21H17N3O4S2. The van der Waals surface area contributed by atoms with Crippen molar-refractivity contribution in [3.63, 3.8) is 0 Å². The van der Waals surface area contributed by atoms with Crippen LogP contribution < -0.4 is 5.14 Å². The number of hydrogen-bond donors (Lipinski definition) is 1. The standard InChI is InChI=1S/C21H17N3O4S2/c22-30(26,27)19-11-16(14-29-19)21(25)28-13-17-12-24(18-9-5-2-6-10-18)23-20(17)15-7-3-1-4-8-15/h1-12,14H,13H2,(H2,22,26,27). The third kappa shape index (κ3) is 4.33. The number of carbonyl (C=O) groups excluding carboxylic acids is 1. The molecule has 4 aromatic rings. The first kappa shape index (κ1) is 20.0. The highest BCUT2D eigenvalue weighted by atomic mass is 32.2. The van der Waals surface area contributed by atoms with Gasteiger partial charge in [-0.05, 0) is 18.2 Å². The van der Waals surface area contributed by atoms with Crippen LogP contribution in [-0.2, 0) is 21.4 Å². The van der Waals surface area contributed by atoms with E-state index < -0.39 is 16.0 Å². The number of esters is 1. The van der Waals surface area contributed by atoms with E-state index in [1.54, 1.807) is 4.68 Å². The van der Waals surface area contributed by atoms with Gasteiger partial charge in [0.15, 0.2) is 0 Å². The Balaban J connectivity index is 1.61. The molecule has 0 unspecified atom stereocenters. The Morgan fingerprint density at radius 2 is 1.73 bits per heavy atom. The van der Waals surface area contributed by atoms with Crippen molar-refractivity contribution in [1.82, 2.24) is 9.78 Å². The van der Waals surface area contributed by atoms with Crippen LogP contribution >= 0.6 is 11.3 Å². The number of nitrogens with two attached hydrogens (primary N) is 1. The van der Waals surface area contributed by atoms with Gasteiger partial charge in [-0.3, -0.25) is 0 Å². The Bertz CT molecular complexity index is 1280. The van der Waals surface area contributed by atoms with Crippen LogP contribution in [0.25, 0.3) is 16.9 Å². The second-order valence-corrected chi connectivity index (χ2v) is 9.12. The van der Waals surface area contributed by atoms with Crippen molar-refractivity contribution in [2.24, 2.45) is 5.14 Å². The van der Waals surface area contributed by atoms with Crippen LogP contribution in [0.3, 0.4) is 0 Å². The predicted octanol–water partition coefficient (Wildman–Crippen LogP) is 3.61. The summed E-state index contributed by atoms with van der Waals surface area (Å²) in [5, 5.41) is 11.2. The number of benzene rings is 2. The van der Waals surface area contributed by atoms with Crippen molar-refractivity contribution in [1.29, 1.82) is 0 Å². The third-order valence-electron chi connectivity index (χ3n) is 4.31. The highest BCUT2D eigenvalue weighted by Gasteiger charge is 2.18. The lowest BCUT2D eigenvalue weighted by Gasteiger charge is -2.04. The molecule has 0 saturated carbocycles. The first-order valence-corrected chi connectivity index (χ1v) is 11.3. The van der Waals surface area contributed by atoms with Crippen LogP contribution in [0.5, 0.6) is 0 Å². The number of nitrogens with zero attached hydrogens (tertiary/aromatic N) is 2. The van der Waals surface area contributed by atoms with E-state index in [9.17, 15) is 13.2 Å². The fourth-order valence-electron chi connectivity index (χ4n) is 2.87. The van der Waals surface area contributed by atoms with Crippen molar-refractivity contribution >= 4 is 27.3 Å². The molecule has 0 fully saturated rings. The van der Waals surface area contributed by atoms with E-state index in [4.69, 9.17) is 9.88 Å². The van der Waals surface area contributed by atoms with E-state index in [1.165, 1.54) is 11.4 Å². The van der Waals surface area contributed by atoms with Gasteiger partial charge in [0, 0.05) is 22.7 Å². The molecule has 0 saturated heterocycles. The number of primary sulfonamides is 1. The number of rotatable bonds is 6. The summed E-state index contributed by atoms with van der Waals surface area (Å²) < 4.78 is 29.9. The largest absolute Gasteiger partial charge is 0.457 e. The minimum atomic E-state index is -3.86. The summed E-state index contributed by atoms with van der Waals surface area (Å²) >= 11 is 0.878. The molecule has 0 aliphatic carbocycles. The Morgan fingerprint density at radius 3 is 2.37 bits per heavy atom. The smallest absolute Gasteiger partial charge is 0.339 e. The second kappa shape index (κ2) is 8.23. The van der Waals surface area contributed by atoms with Crippen molar-refractivity contribution in [3.05, 3.63) is 89.4 Å². The van der Waals surface area contributed by atoms with E-state index in [-0.39, 0.29) is 16.4 Å². The molecule has 0 aliphatic heterocycles. The van der Waals surface area contributed by atoms with Gasteiger partial charge in [-0.2, -0.15) is 5.10 Å². The zero-order chi connectivity index (χ0) is 21.1. The summed E-state index contributed by atoms with van der Waals surface area (Å²) in [7, 11) is -3.86. The summed E-state index contributed by atoms with van der Waals surface area (Å²) in [6, 6.07) is 20.4. The molecular weight excluding hydrogens is 422 g/mol. The van der Waals surface area contributed by atoms with Gasteiger partial charge in [-0.25, -0.2) is 23.0 Å². The molecule has 9 heteroatoms. The number of carbonyl (C=O) groups is 1. The van der Waals surface area contributed by atoms with Gasteiger partial charge < -0.3 is 4.74 Å². The molecule has 4 rings (SSSR count). The Morgan fingerprint density at radius 1 is 1.07 bits per heavy atom. The molecule has 0 bridgehead atoms. The van der Waals surface area contributed by atoms with Crippen LogP contribution in [0.15, 0.2) is 82.5 Å². The van der Waals surface area contributed by atoms with Gasteiger partial charge in [0.05, 0.1) is 16.9 Å². The summed E-state index contributed by atoms with van der Waals surface area (Å²) in [5.74, 6) is -0.632. The Hall–Kier alpha value is -3.27. The molecule has 7 nitrogen and oxygen atoms in total. The quantitative estimate of drug-likeness (QED) is 0.462. The zero-order valence-corrected chi connectivity index (χ0v) is 17.3. The van der Waals surface area contributed by atoms with E-state index >= 15 is 0 Å².